The van der Waals surface area contributed by atoms with E-state index < -0.39 is 0 Å². The molecule has 0 atom stereocenters. The smallest absolute Gasteiger partial charge is 0.126 e. The molecule has 0 saturated carbocycles. The van der Waals surface area contributed by atoms with Crippen molar-refractivity contribution in [2.75, 3.05) is 0 Å². The molecule has 0 saturated heterocycles. The number of hydrogen-bond donors (Lipinski definition) is 0. The van der Waals surface area contributed by atoms with Gasteiger partial charge in [0.1, 0.15) is 5.82 Å². The van der Waals surface area contributed by atoms with Gasteiger partial charge in [0.15, 0.2) is 0 Å². The normalized spacial score (nSPS) is 9.65. The fraction of sp³-hybridized carbons (Fsp3) is 0.625. The molecule has 0 nitrogen and oxygen atoms in total. The maximum Gasteiger partial charge on any atom is 0.126 e. The number of halogens is 1. The van der Waals surface area contributed by atoms with E-state index >= 15 is 0 Å². The van der Waals surface area contributed by atoms with Crippen LogP contribution in [0.2, 0.25) is 0 Å². The summed E-state index contributed by atoms with van der Waals surface area (Å²) in [4.78, 5) is 0. The van der Waals surface area contributed by atoms with E-state index in [0.717, 1.165) is 24.8 Å². The molecule has 0 unspecified atom stereocenters. The first-order valence-corrected chi connectivity index (χ1v) is 6.99. The molecule has 0 aliphatic rings. The molecule has 0 aliphatic heterocycles. The van der Waals surface area contributed by atoms with E-state index in [0.29, 0.717) is 0 Å². The Bertz CT molecular complexity index is 264. The van der Waals surface area contributed by atoms with Gasteiger partial charge in [-0.3, -0.25) is 0 Å². The van der Waals surface area contributed by atoms with E-state index in [1.165, 1.54) is 31.7 Å². The molecule has 0 radical (unpaired) electrons. The molecule has 1 aromatic rings. The number of aryl methyl sites for hydroxylation is 1. The van der Waals surface area contributed by atoms with Crippen LogP contribution in [-0.4, -0.2) is 0 Å². The van der Waals surface area contributed by atoms with Crippen LogP contribution >= 0.6 is 0 Å². The first kappa shape index (κ1) is 16.1. The average Bonchev–Trinajstić information content (AvgIpc) is 2.36. The lowest BCUT2D eigenvalue weighted by molar-refractivity contribution is 0.603. The molecule has 0 heterocycles. The highest BCUT2D eigenvalue weighted by Crippen LogP contribution is 2.09. The van der Waals surface area contributed by atoms with Gasteiger partial charge in [0.25, 0.3) is 0 Å². The Labute approximate surface area is 106 Å². The van der Waals surface area contributed by atoms with Crippen molar-refractivity contribution in [3.63, 3.8) is 0 Å². The molecule has 1 aromatic carbocycles. The van der Waals surface area contributed by atoms with Gasteiger partial charge in [-0.25, -0.2) is 4.39 Å². The summed E-state index contributed by atoms with van der Waals surface area (Å²) in [6, 6.07) is 6.98. The van der Waals surface area contributed by atoms with E-state index in [9.17, 15) is 4.39 Å². The summed E-state index contributed by atoms with van der Waals surface area (Å²) in [5.41, 5.74) is 0.842. The first-order valence-electron chi connectivity index (χ1n) is 6.99. The molecule has 0 bridgehead atoms. The highest BCUT2D eigenvalue weighted by molar-refractivity contribution is 5.17. The topological polar surface area (TPSA) is 0 Å². The van der Waals surface area contributed by atoms with Gasteiger partial charge < -0.3 is 0 Å². The summed E-state index contributed by atoms with van der Waals surface area (Å²) in [7, 11) is 0. The zero-order valence-electron chi connectivity index (χ0n) is 11.6. The van der Waals surface area contributed by atoms with Gasteiger partial charge in [0.2, 0.25) is 0 Å². The van der Waals surface area contributed by atoms with E-state index in [2.05, 4.69) is 20.8 Å². The Kier molecular flexibility index (Phi) is 11.0. The van der Waals surface area contributed by atoms with Crippen molar-refractivity contribution >= 4 is 0 Å². The van der Waals surface area contributed by atoms with Gasteiger partial charge in [-0.1, -0.05) is 71.1 Å². The Balaban J connectivity index is 0.000000366. The molecule has 0 spiro atoms. The maximum absolute atomic E-state index is 12.9. The highest BCUT2D eigenvalue weighted by atomic mass is 19.1. The van der Waals surface area contributed by atoms with Gasteiger partial charge in [-0.15, -0.1) is 0 Å². The Morgan fingerprint density at radius 2 is 1.35 bits per heavy atom. The molecule has 1 rings (SSSR count). The third kappa shape index (κ3) is 8.91. The van der Waals surface area contributed by atoms with Crippen LogP contribution in [0.4, 0.5) is 4.39 Å². The van der Waals surface area contributed by atoms with Crippen LogP contribution < -0.4 is 0 Å². The number of unbranched alkanes of at least 4 members (excludes halogenated alkanes) is 4. The van der Waals surface area contributed by atoms with Gasteiger partial charge in [0, 0.05) is 0 Å². The fourth-order valence-corrected chi connectivity index (χ4v) is 1.57. The first-order chi connectivity index (χ1) is 8.26. The summed E-state index contributed by atoms with van der Waals surface area (Å²) in [6.45, 7) is 6.58. The van der Waals surface area contributed by atoms with E-state index in [-0.39, 0.29) is 5.82 Å². The van der Waals surface area contributed by atoms with Crippen molar-refractivity contribution in [3.05, 3.63) is 35.6 Å². The number of rotatable bonds is 6. The van der Waals surface area contributed by atoms with E-state index in [1.54, 1.807) is 6.07 Å². The van der Waals surface area contributed by atoms with Crippen molar-refractivity contribution < 1.29 is 4.39 Å². The zero-order chi connectivity index (χ0) is 12.9. The van der Waals surface area contributed by atoms with Gasteiger partial charge >= 0.3 is 0 Å². The van der Waals surface area contributed by atoms with Crippen molar-refractivity contribution in [2.45, 2.75) is 65.7 Å². The molecule has 0 fully saturated rings. The SMILES string of the molecule is CCCCCC.CCCCc1ccccc1F. The second-order valence-electron chi connectivity index (χ2n) is 4.40. The second kappa shape index (κ2) is 11.6. The fourth-order valence-electron chi connectivity index (χ4n) is 1.57. The summed E-state index contributed by atoms with van der Waals surface area (Å²) in [5, 5.41) is 0. The minimum absolute atomic E-state index is 0.0686. The lowest BCUT2D eigenvalue weighted by Gasteiger charge is -1.99. The van der Waals surface area contributed by atoms with Crippen LogP contribution in [0.25, 0.3) is 0 Å². The van der Waals surface area contributed by atoms with Crippen LogP contribution in [0.3, 0.4) is 0 Å². The highest BCUT2D eigenvalue weighted by Gasteiger charge is 1.97. The quantitative estimate of drug-likeness (QED) is 0.553. The zero-order valence-corrected chi connectivity index (χ0v) is 11.6. The summed E-state index contributed by atoms with van der Waals surface area (Å²) in [6.07, 6.45) is 8.59. The van der Waals surface area contributed by atoms with E-state index in [1.807, 2.05) is 12.1 Å². The standard InChI is InChI=1S/C10H13F.C6H14/c1-2-3-6-9-7-4-5-8-10(9)11;1-3-5-6-4-2/h4-5,7-8H,2-3,6H2,1H3;3-6H2,1-2H3. The summed E-state index contributed by atoms with van der Waals surface area (Å²) < 4.78 is 12.9. The van der Waals surface area contributed by atoms with Crippen LogP contribution in [0.5, 0.6) is 0 Å². The van der Waals surface area contributed by atoms with Crippen molar-refractivity contribution in [1.29, 1.82) is 0 Å². The summed E-state index contributed by atoms with van der Waals surface area (Å²) in [5.74, 6) is -0.0686. The molecular weight excluding hydrogens is 211 g/mol. The molecule has 0 N–H and O–H groups in total. The predicted octanol–water partition coefficient (Wildman–Crippen LogP) is 5.75. The second-order valence-corrected chi connectivity index (χ2v) is 4.40. The maximum atomic E-state index is 12.9. The minimum atomic E-state index is -0.0686. The molecule has 17 heavy (non-hydrogen) atoms. The molecule has 0 aromatic heterocycles. The summed E-state index contributed by atoms with van der Waals surface area (Å²) >= 11 is 0. The van der Waals surface area contributed by atoms with Gasteiger partial charge in [-0.05, 0) is 24.5 Å². The number of benzene rings is 1. The molecule has 1 heteroatoms. The average molecular weight is 238 g/mol. The predicted molar refractivity (Wildman–Crippen MR) is 74.8 cm³/mol. The van der Waals surface area contributed by atoms with Crippen LogP contribution in [0, 0.1) is 5.82 Å². The minimum Gasteiger partial charge on any atom is -0.207 e. The third-order valence-electron chi connectivity index (χ3n) is 2.71. The lowest BCUT2D eigenvalue weighted by atomic mass is 10.1. The third-order valence-corrected chi connectivity index (χ3v) is 2.71. The Hall–Kier alpha value is -0.850. The molecule has 98 valence electrons. The van der Waals surface area contributed by atoms with Crippen LogP contribution in [0.15, 0.2) is 24.3 Å². The number of hydrogen-bond acceptors (Lipinski definition) is 0. The van der Waals surface area contributed by atoms with Crippen molar-refractivity contribution in [1.82, 2.24) is 0 Å². The Morgan fingerprint density at radius 1 is 0.824 bits per heavy atom. The van der Waals surface area contributed by atoms with Gasteiger partial charge in [-0.2, -0.15) is 0 Å². The lowest BCUT2D eigenvalue weighted by Crippen LogP contribution is -1.88. The van der Waals surface area contributed by atoms with Gasteiger partial charge in [0.05, 0.1) is 0 Å². The largest absolute Gasteiger partial charge is 0.207 e. The van der Waals surface area contributed by atoms with Crippen molar-refractivity contribution in [3.8, 4) is 0 Å². The molecule has 0 amide bonds. The monoisotopic (exact) mass is 238 g/mol. The Morgan fingerprint density at radius 3 is 1.82 bits per heavy atom. The van der Waals surface area contributed by atoms with Crippen LogP contribution in [0.1, 0.15) is 64.9 Å². The molecule has 0 aliphatic carbocycles. The molecular formula is C16H27F. The van der Waals surface area contributed by atoms with E-state index in [4.69, 9.17) is 0 Å². The van der Waals surface area contributed by atoms with Crippen molar-refractivity contribution in [2.24, 2.45) is 0 Å². The van der Waals surface area contributed by atoms with Crippen LogP contribution in [-0.2, 0) is 6.42 Å².